The molecule has 0 atom stereocenters. The number of benzene rings is 1. The Kier molecular flexibility index (Phi) is 4.81. The zero-order valence-electron chi connectivity index (χ0n) is 10.2. The molecule has 0 saturated heterocycles. The second-order valence-corrected chi connectivity index (χ2v) is 5.23. The van der Waals surface area contributed by atoms with Crippen LogP contribution in [0.4, 0.5) is 10.1 Å². The van der Waals surface area contributed by atoms with Gasteiger partial charge in [-0.2, -0.15) is 4.73 Å². The summed E-state index contributed by atoms with van der Waals surface area (Å²) in [7, 11) is 0. The van der Waals surface area contributed by atoms with Crippen LogP contribution in [-0.4, -0.2) is 11.7 Å². The summed E-state index contributed by atoms with van der Waals surface area (Å²) >= 11 is 6.73. The lowest BCUT2D eigenvalue weighted by atomic mass is 10.3. The molecule has 0 radical (unpaired) electrons. The monoisotopic (exact) mass is 312 g/mol. The van der Waals surface area contributed by atoms with E-state index in [0.717, 1.165) is 11.8 Å². The summed E-state index contributed by atoms with van der Waals surface area (Å²) in [6, 6.07) is 8.87. The number of pyridine rings is 1. The normalized spacial score (nSPS) is 10.3. The van der Waals surface area contributed by atoms with Gasteiger partial charge in [0.15, 0.2) is 6.20 Å². The number of hydrogen-bond donors (Lipinski definition) is 1. The third-order valence-corrected chi connectivity index (χ3v) is 3.65. The van der Waals surface area contributed by atoms with Gasteiger partial charge in [-0.1, -0.05) is 11.6 Å². The fourth-order valence-corrected chi connectivity index (χ4v) is 2.33. The van der Waals surface area contributed by atoms with Gasteiger partial charge in [0.25, 0.3) is 5.03 Å². The number of thioether (sulfide) groups is 1. The molecule has 1 N–H and O–H groups in total. The second-order valence-electron chi connectivity index (χ2n) is 3.83. The SMILES string of the molecule is O=C(CSc1cccc[n+]1[O-])Nc1ccc(F)c(Cl)c1. The molecule has 0 unspecified atom stereocenters. The summed E-state index contributed by atoms with van der Waals surface area (Å²) in [6.07, 6.45) is 1.36. The van der Waals surface area contributed by atoms with Gasteiger partial charge in [-0.05, 0) is 36.0 Å². The highest BCUT2D eigenvalue weighted by Crippen LogP contribution is 2.20. The Bertz CT molecular complexity index is 640. The number of nitrogens with one attached hydrogen (secondary N) is 1. The van der Waals surface area contributed by atoms with Gasteiger partial charge in [0.1, 0.15) is 5.82 Å². The third-order valence-electron chi connectivity index (χ3n) is 2.34. The van der Waals surface area contributed by atoms with Crippen molar-refractivity contribution in [2.75, 3.05) is 11.1 Å². The molecule has 2 rings (SSSR count). The first-order chi connectivity index (χ1) is 9.56. The Hall–Kier alpha value is -1.79. The number of rotatable bonds is 4. The van der Waals surface area contributed by atoms with Gasteiger partial charge in [0.05, 0.1) is 10.8 Å². The lowest BCUT2D eigenvalue weighted by Gasteiger charge is -2.06. The number of carbonyl (C=O) groups excluding carboxylic acids is 1. The number of halogens is 2. The topological polar surface area (TPSA) is 56.0 Å². The molecule has 20 heavy (non-hydrogen) atoms. The molecule has 0 fully saturated rings. The lowest BCUT2D eigenvalue weighted by Crippen LogP contribution is -2.28. The number of carbonyl (C=O) groups is 1. The van der Waals surface area contributed by atoms with Crippen LogP contribution in [-0.2, 0) is 4.79 Å². The van der Waals surface area contributed by atoms with E-state index in [1.165, 1.54) is 24.4 Å². The number of hydrogen-bond acceptors (Lipinski definition) is 3. The predicted octanol–water partition coefficient (Wildman–Crippen LogP) is 2.84. The molecular formula is C13H10ClFN2O2S. The highest BCUT2D eigenvalue weighted by Gasteiger charge is 2.10. The predicted molar refractivity (Wildman–Crippen MR) is 76.2 cm³/mol. The van der Waals surface area contributed by atoms with E-state index in [4.69, 9.17) is 11.6 Å². The quantitative estimate of drug-likeness (QED) is 0.536. The van der Waals surface area contributed by atoms with E-state index in [2.05, 4.69) is 5.32 Å². The van der Waals surface area contributed by atoms with Gasteiger partial charge in [0.2, 0.25) is 5.91 Å². The van der Waals surface area contributed by atoms with E-state index in [1.807, 2.05) is 0 Å². The van der Waals surface area contributed by atoms with Crippen molar-refractivity contribution < 1.29 is 13.9 Å². The van der Waals surface area contributed by atoms with Gasteiger partial charge in [0, 0.05) is 17.8 Å². The van der Waals surface area contributed by atoms with Crippen LogP contribution < -0.4 is 10.0 Å². The molecule has 0 aliphatic carbocycles. The van der Waals surface area contributed by atoms with E-state index in [1.54, 1.807) is 18.2 Å². The molecule has 1 amide bonds. The Morgan fingerprint density at radius 2 is 2.20 bits per heavy atom. The summed E-state index contributed by atoms with van der Waals surface area (Å²) in [5.74, 6) is -0.779. The van der Waals surface area contributed by atoms with Crippen molar-refractivity contribution in [3.05, 3.63) is 58.6 Å². The molecular weight excluding hydrogens is 303 g/mol. The van der Waals surface area contributed by atoms with Crippen molar-refractivity contribution in [1.82, 2.24) is 0 Å². The summed E-state index contributed by atoms with van der Waals surface area (Å²) in [5.41, 5.74) is 0.407. The van der Waals surface area contributed by atoms with Crippen LogP contribution in [0.5, 0.6) is 0 Å². The van der Waals surface area contributed by atoms with Crippen LogP contribution in [0.3, 0.4) is 0 Å². The average molecular weight is 313 g/mol. The first-order valence-electron chi connectivity index (χ1n) is 5.62. The zero-order chi connectivity index (χ0) is 14.5. The van der Waals surface area contributed by atoms with Crippen molar-refractivity contribution in [3.63, 3.8) is 0 Å². The fourth-order valence-electron chi connectivity index (χ4n) is 1.43. The Labute approximate surface area is 124 Å². The Balaban J connectivity index is 1.93. The van der Waals surface area contributed by atoms with E-state index in [-0.39, 0.29) is 16.7 Å². The molecule has 4 nitrogen and oxygen atoms in total. The van der Waals surface area contributed by atoms with Crippen molar-refractivity contribution >= 4 is 35.0 Å². The van der Waals surface area contributed by atoms with Crippen molar-refractivity contribution in [2.45, 2.75) is 5.03 Å². The van der Waals surface area contributed by atoms with E-state index >= 15 is 0 Å². The molecule has 1 heterocycles. The molecule has 1 aromatic heterocycles. The number of nitrogens with zero attached hydrogens (tertiary/aromatic N) is 1. The van der Waals surface area contributed by atoms with E-state index in [9.17, 15) is 14.4 Å². The van der Waals surface area contributed by atoms with Crippen LogP contribution >= 0.6 is 23.4 Å². The second kappa shape index (κ2) is 6.58. The fraction of sp³-hybridized carbons (Fsp3) is 0.0769. The van der Waals surface area contributed by atoms with Crippen molar-refractivity contribution in [2.24, 2.45) is 0 Å². The molecule has 0 aliphatic heterocycles. The van der Waals surface area contributed by atoms with Gasteiger partial charge in [-0.3, -0.25) is 4.79 Å². The molecule has 0 saturated carbocycles. The maximum Gasteiger partial charge on any atom is 0.251 e. The highest BCUT2D eigenvalue weighted by molar-refractivity contribution is 7.99. The van der Waals surface area contributed by atoms with Crippen LogP contribution in [0.15, 0.2) is 47.6 Å². The molecule has 0 aliphatic rings. The minimum absolute atomic E-state index is 0.0593. The Morgan fingerprint density at radius 3 is 2.90 bits per heavy atom. The number of amides is 1. The largest absolute Gasteiger partial charge is 0.618 e. The van der Waals surface area contributed by atoms with Crippen molar-refractivity contribution in [3.8, 4) is 0 Å². The number of aromatic nitrogens is 1. The van der Waals surface area contributed by atoms with Crippen molar-refractivity contribution in [1.29, 1.82) is 0 Å². The summed E-state index contributed by atoms with van der Waals surface area (Å²) in [6.45, 7) is 0. The maximum absolute atomic E-state index is 13.0. The molecule has 0 spiro atoms. The standard InChI is InChI=1S/C13H10ClFN2O2S/c14-10-7-9(4-5-11(10)15)16-12(18)8-20-13-3-1-2-6-17(13)19/h1-7H,8H2,(H,16,18). The summed E-state index contributed by atoms with van der Waals surface area (Å²) in [5, 5.41) is 14.3. The minimum Gasteiger partial charge on any atom is -0.618 e. The lowest BCUT2D eigenvalue weighted by molar-refractivity contribution is -0.645. The maximum atomic E-state index is 13.0. The van der Waals surface area contributed by atoms with Gasteiger partial charge in [-0.25, -0.2) is 4.39 Å². The zero-order valence-corrected chi connectivity index (χ0v) is 11.7. The van der Waals surface area contributed by atoms with Gasteiger partial charge >= 0.3 is 0 Å². The van der Waals surface area contributed by atoms with E-state index < -0.39 is 5.82 Å². The smallest absolute Gasteiger partial charge is 0.251 e. The molecule has 104 valence electrons. The van der Waals surface area contributed by atoms with Crippen LogP contribution in [0.1, 0.15) is 0 Å². The van der Waals surface area contributed by atoms with Crippen LogP contribution in [0.2, 0.25) is 5.02 Å². The highest BCUT2D eigenvalue weighted by atomic mass is 35.5. The molecule has 2 aromatic rings. The first kappa shape index (κ1) is 14.6. The molecule has 7 heteroatoms. The average Bonchev–Trinajstić information content (AvgIpc) is 2.42. The first-order valence-corrected chi connectivity index (χ1v) is 6.98. The van der Waals surface area contributed by atoms with Crippen LogP contribution in [0, 0.1) is 11.0 Å². The number of anilines is 1. The van der Waals surface area contributed by atoms with Crippen LogP contribution in [0.25, 0.3) is 0 Å². The third kappa shape index (κ3) is 3.85. The molecule has 0 bridgehead atoms. The molecule has 1 aromatic carbocycles. The minimum atomic E-state index is -0.546. The van der Waals surface area contributed by atoms with E-state index in [0.29, 0.717) is 15.4 Å². The van der Waals surface area contributed by atoms with Gasteiger partial charge < -0.3 is 10.5 Å². The Morgan fingerprint density at radius 1 is 1.40 bits per heavy atom. The van der Waals surface area contributed by atoms with Gasteiger partial charge in [-0.15, -0.1) is 0 Å². The summed E-state index contributed by atoms with van der Waals surface area (Å²) in [4.78, 5) is 11.7. The summed E-state index contributed by atoms with van der Waals surface area (Å²) < 4.78 is 13.7.